The molecule has 1 heterocycles. The van der Waals surface area contributed by atoms with E-state index in [4.69, 9.17) is 10.5 Å². The van der Waals surface area contributed by atoms with Gasteiger partial charge in [-0.25, -0.2) is 0 Å². The summed E-state index contributed by atoms with van der Waals surface area (Å²) in [5.74, 6) is 0.883. The summed E-state index contributed by atoms with van der Waals surface area (Å²) in [6.45, 7) is 1.92. The van der Waals surface area contributed by atoms with Gasteiger partial charge in [0.05, 0.1) is 13.2 Å². The Labute approximate surface area is 111 Å². The Balaban J connectivity index is 1.93. The number of methoxy groups -OCH3 is 1. The number of rotatable bonds is 5. The average molecular weight is 263 g/mol. The summed E-state index contributed by atoms with van der Waals surface area (Å²) in [5, 5.41) is 10.2. The van der Waals surface area contributed by atoms with Crippen LogP contribution in [0.5, 0.6) is 5.75 Å². The first kappa shape index (κ1) is 13.0. The van der Waals surface area contributed by atoms with E-state index in [1.54, 1.807) is 18.4 Å². The number of aryl methyl sites for hydroxylation is 2. The van der Waals surface area contributed by atoms with Crippen LogP contribution in [0.2, 0.25) is 0 Å². The van der Waals surface area contributed by atoms with Crippen LogP contribution in [0, 0.1) is 0 Å². The van der Waals surface area contributed by atoms with E-state index in [1.165, 1.54) is 5.56 Å². The van der Waals surface area contributed by atoms with Crippen molar-refractivity contribution < 1.29 is 4.74 Å². The van der Waals surface area contributed by atoms with Crippen molar-refractivity contribution in [2.45, 2.75) is 25.8 Å². The van der Waals surface area contributed by atoms with Crippen molar-refractivity contribution in [2.75, 3.05) is 7.11 Å². The van der Waals surface area contributed by atoms with Gasteiger partial charge in [-0.15, -0.1) is 10.2 Å². The monoisotopic (exact) mass is 263 g/mol. The molecule has 1 aromatic heterocycles. The molecule has 0 bridgehead atoms. The van der Waals surface area contributed by atoms with Crippen LogP contribution in [0.1, 0.15) is 28.5 Å². The van der Waals surface area contributed by atoms with Crippen molar-refractivity contribution in [1.29, 1.82) is 0 Å². The van der Waals surface area contributed by atoms with E-state index in [0.717, 1.165) is 28.6 Å². The predicted molar refractivity (Wildman–Crippen MR) is 72.9 cm³/mol. The summed E-state index contributed by atoms with van der Waals surface area (Å²) in [5.41, 5.74) is 7.03. The summed E-state index contributed by atoms with van der Waals surface area (Å²) in [6.07, 6.45) is 1.86. The Morgan fingerprint density at radius 2 is 1.94 bits per heavy atom. The van der Waals surface area contributed by atoms with Crippen LogP contribution in [0.4, 0.5) is 0 Å². The van der Waals surface area contributed by atoms with Crippen LogP contribution in [-0.2, 0) is 12.8 Å². The molecule has 2 rings (SSSR count). The first-order chi connectivity index (χ1) is 8.69. The Morgan fingerprint density at radius 1 is 1.22 bits per heavy atom. The molecule has 18 heavy (non-hydrogen) atoms. The summed E-state index contributed by atoms with van der Waals surface area (Å²) >= 11 is 1.60. The molecule has 0 aliphatic rings. The van der Waals surface area contributed by atoms with Crippen molar-refractivity contribution >= 4 is 11.3 Å². The van der Waals surface area contributed by atoms with Crippen LogP contribution in [0.25, 0.3) is 0 Å². The largest absolute Gasteiger partial charge is 0.497 e. The molecular weight excluding hydrogens is 246 g/mol. The van der Waals surface area contributed by atoms with Gasteiger partial charge in [0.2, 0.25) is 0 Å². The van der Waals surface area contributed by atoms with Gasteiger partial charge in [-0.2, -0.15) is 0 Å². The van der Waals surface area contributed by atoms with Crippen LogP contribution in [0.3, 0.4) is 0 Å². The molecule has 0 saturated heterocycles. The first-order valence-electron chi connectivity index (χ1n) is 5.90. The molecule has 0 saturated carbocycles. The fourth-order valence-corrected chi connectivity index (χ4v) is 2.39. The Kier molecular flexibility index (Phi) is 4.28. The molecule has 0 aliphatic heterocycles. The maximum Gasteiger partial charge on any atom is 0.133 e. The van der Waals surface area contributed by atoms with Gasteiger partial charge in [0.15, 0.2) is 0 Å². The van der Waals surface area contributed by atoms with Crippen molar-refractivity contribution in [3.05, 3.63) is 39.8 Å². The van der Waals surface area contributed by atoms with E-state index in [9.17, 15) is 0 Å². The normalized spacial score (nSPS) is 12.4. The summed E-state index contributed by atoms with van der Waals surface area (Å²) in [6, 6.07) is 8.07. The third-order valence-corrected chi connectivity index (χ3v) is 3.84. The molecule has 1 atom stereocenters. The highest BCUT2D eigenvalue weighted by Crippen LogP contribution is 2.18. The molecule has 0 spiro atoms. The number of aromatic nitrogens is 2. The van der Waals surface area contributed by atoms with Gasteiger partial charge in [0.25, 0.3) is 0 Å². The van der Waals surface area contributed by atoms with E-state index >= 15 is 0 Å². The number of benzene rings is 1. The highest BCUT2D eigenvalue weighted by molar-refractivity contribution is 7.11. The molecule has 2 aromatic rings. The number of hydrogen-bond acceptors (Lipinski definition) is 5. The van der Waals surface area contributed by atoms with Crippen LogP contribution < -0.4 is 10.5 Å². The lowest BCUT2D eigenvalue weighted by Crippen LogP contribution is -2.03. The average Bonchev–Trinajstić information content (AvgIpc) is 2.86. The number of hydrogen-bond donors (Lipinski definition) is 1. The predicted octanol–water partition coefficient (Wildman–Crippen LogP) is 2.35. The zero-order chi connectivity index (χ0) is 13.0. The lowest BCUT2D eigenvalue weighted by Gasteiger charge is -2.01. The summed E-state index contributed by atoms with van der Waals surface area (Å²) in [7, 11) is 1.67. The number of ether oxygens (including phenoxy) is 1. The smallest absolute Gasteiger partial charge is 0.133 e. The third kappa shape index (κ3) is 3.27. The van der Waals surface area contributed by atoms with Crippen LogP contribution >= 0.6 is 11.3 Å². The maximum absolute atomic E-state index is 5.76. The molecule has 0 amide bonds. The molecule has 0 fully saturated rings. The molecule has 4 nitrogen and oxygen atoms in total. The van der Waals surface area contributed by atoms with E-state index in [2.05, 4.69) is 22.3 Å². The molecule has 5 heteroatoms. The van der Waals surface area contributed by atoms with Gasteiger partial charge in [-0.1, -0.05) is 23.5 Å². The lowest BCUT2D eigenvalue weighted by atomic mass is 10.1. The van der Waals surface area contributed by atoms with Crippen molar-refractivity contribution in [2.24, 2.45) is 5.73 Å². The van der Waals surface area contributed by atoms with Gasteiger partial charge in [-0.3, -0.25) is 0 Å². The Bertz CT molecular complexity index is 493. The van der Waals surface area contributed by atoms with Crippen LogP contribution in [-0.4, -0.2) is 17.3 Å². The number of nitrogens with zero attached hydrogens (tertiary/aromatic N) is 2. The van der Waals surface area contributed by atoms with E-state index < -0.39 is 0 Å². The minimum atomic E-state index is -0.0303. The van der Waals surface area contributed by atoms with Gasteiger partial charge in [0, 0.05) is 6.42 Å². The minimum absolute atomic E-state index is 0.0303. The van der Waals surface area contributed by atoms with Gasteiger partial charge in [0.1, 0.15) is 15.8 Å². The zero-order valence-electron chi connectivity index (χ0n) is 10.6. The fraction of sp³-hybridized carbons (Fsp3) is 0.385. The maximum atomic E-state index is 5.76. The minimum Gasteiger partial charge on any atom is -0.497 e. The third-order valence-electron chi connectivity index (χ3n) is 2.66. The van der Waals surface area contributed by atoms with Crippen molar-refractivity contribution in [1.82, 2.24) is 10.2 Å². The van der Waals surface area contributed by atoms with Gasteiger partial charge < -0.3 is 10.5 Å². The van der Waals surface area contributed by atoms with E-state index in [0.29, 0.717) is 0 Å². The zero-order valence-corrected chi connectivity index (χ0v) is 11.4. The Morgan fingerprint density at radius 3 is 2.50 bits per heavy atom. The van der Waals surface area contributed by atoms with E-state index in [-0.39, 0.29) is 6.04 Å². The van der Waals surface area contributed by atoms with Crippen molar-refractivity contribution in [3.8, 4) is 5.75 Å². The number of nitrogens with two attached hydrogens (primary N) is 1. The fourth-order valence-electron chi connectivity index (χ4n) is 1.60. The van der Waals surface area contributed by atoms with Crippen molar-refractivity contribution in [3.63, 3.8) is 0 Å². The second-order valence-electron chi connectivity index (χ2n) is 4.17. The van der Waals surface area contributed by atoms with Gasteiger partial charge in [-0.05, 0) is 31.0 Å². The lowest BCUT2D eigenvalue weighted by molar-refractivity contribution is 0.414. The SMILES string of the molecule is COc1ccc(CCc2nnc(C(C)N)s2)cc1. The van der Waals surface area contributed by atoms with Gasteiger partial charge >= 0.3 is 0 Å². The van der Waals surface area contributed by atoms with E-state index in [1.807, 2.05) is 19.1 Å². The highest BCUT2D eigenvalue weighted by atomic mass is 32.1. The topological polar surface area (TPSA) is 61.0 Å². The molecule has 0 aliphatic carbocycles. The second-order valence-corrected chi connectivity index (χ2v) is 5.26. The molecule has 96 valence electrons. The standard InChI is InChI=1S/C13H17N3OS/c1-9(14)13-16-15-12(18-13)8-5-10-3-6-11(17-2)7-4-10/h3-4,6-7,9H,5,8,14H2,1-2H3. The highest BCUT2D eigenvalue weighted by Gasteiger charge is 2.07. The quantitative estimate of drug-likeness (QED) is 0.899. The molecule has 1 unspecified atom stereocenters. The summed E-state index contributed by atoms with van der Waals surface area (Å²) in [4.78, 5) is 0. The molecule has 1 aromatic carbocycles. The molecule has 2 N–H and O–H groups in total. The molecular formula is C13H17N3OS. The summed E-state index contributed by atoms with van der Waals surface area (Å²) < 4.78 is 5.13. The Hall–Kier alpha value is -1.46. The first-order valence-corrected chi connectivity index (χ1v) is 6.71. The van der Waals surface area contributed by atoms with Crippen LogP contribution in [0.15, 0.2) is 24.3 Å². The second kappa shape index (κ2) is 5.93. The molecule has 0 radical (unpaired) electrons.